The Hall–Kier alpha value is -3.34. The summed E-state index contributed by atoms with van der Waals surface area (Å²) in [6.07, 6.45) is -1.47. The number of halogens is 4. The maximum absolute atomic E-state index is 13.7. The third-order valence-corrected chi connectivity index (χ3v) is 5.07. The topological polar surface area (TPSA) is 69.7 Å². The Bertz CT molecular complexity index is 1130. The number of rotatable bonds is 5. The van der Waals surface area contributed by atoms with Crippen molar-refractivity contribution in [2.24, 2.45) is 0 Å². The SMILES string of the molecule is C[C@@H](Oc1c(F)c(F)cc(F)c1F)C(=O)Nc1nc(-c2ccc3c(c2)OCCO3)cs1. The maximum atomic E-state index is 13.7. The first-order valence-corrected chi connectivity index (χ1v) is 9.87. The summed E-state index contributed by atoms with van der Waals surface area (Å²) < 4.78 is 69.9. The average molecular weight is 454 g/mol. The van der Waals surface area contributed by atoms with Crippen molar-refractivity contribution in [2.45, 2.75) is 13.0 Å². The van der Waals surface area contributed by atoms with E-state index >= 15 is 0 Å². The Balaban J connectivity index is 1.46. The predicted molar refractivity (Wildman–Crippen MR) is 104 cm³/mol. The average Bonchev–Trinajstić information content (AvgIpc) is 3.23. The second-order valence-electron chi connectivity index (χ2n) is 6.44. The quantitative estimate of drug-likeness (QED) is 0.453. The number of nitrogens with zero attached hydrogens (tertiary/aromatic N) is 1. The van der Waals surface area contributed by atoms with Crippen LogP contribution < -0.4 is 19.5 Å². The smallest absolute Gasteiger partial charge is 0.266 e. The Morgan fingerprint density at radius 1 is 1.10 bits per heavy atom. The van der Waals surface area contributed by atoms with Gasteiger partial charge in [-0.15, -0.1) is 11.3 Å². The van der Waals surface area contributed by atoms with E-state index in [0.717, 1.165) is 16.9 Å². The Labute approximate surface area is 177 Å². The highest BCUT2D eigenvalue weighted by atomic mass is 32.1. The molecule has 162 valence electrons. The van der Waals surface area contributed by atoms with Crippen molar-refractivity contribution in [3.63, 3.8) is 0 Å². The number of benzene rings is 2. The Morgan fingerprint density at radius 3 is 2.48 bits per heavy atom. The van der Waals surface area contributed by atoms with E-state index in [1.54, 1.807) is 23.6 Å². The summed E-state index contributed by atoms with van der Waals surface area (Å²) in [7, 11) is 0. The van der Waals surface area contributed by atoms with Crippen molar-refractivity contribution in [2.75, 3.05) is 18.5 Å². The van der Waals surface area contributed by atoms with Gasteiger partial charge >= 0.3 is 0 Å². The Morgan fingerprint density at radius 2 is 1.77 bits per heavy atom. The van der Waals surface area contributed by atoms with Gasteiger partial charge in [-0.3, -0.25) is 10.1 Å². The van der Waals surface area contributed by atoms with Crippen molar-refractivity contribution >= 4 is 22.4 Å². The van der Waals surface area contributed by atoms with Gasteiger partial charge in [-0.1, -0.05) is 0 Å². The highest BCUT2D eigenvalue weighted by Gasteiger charge is 2.25. The highest BCUT2D eigenvalue weighted by Crippen LogP contribution is 2.35. The summed E-state index contributed by atoms with van der Waals surface area (Å²) in [5, 5.41) is 4.32. The van der Waals surface area contributed by atoms with E-state index in [9.17, 15) is 22.4 Å². The second-order valence-corrected chi connectivity index (χ2v) is 7.30. The first-order chi connectivity index (χ1) is 14.8. The normalized spacial score (nSPS) is 13.6. The minimum atomic E-state index is -1.73. The number of carbonyl (C=O) groups excluding carboxylic acids is 1. The number of amides is 1. The molecule has 0 saturated carbocycles. The number of ether oxygens (including phenoxy) is 3. The van der Waals surface area contributed by atoms with E-state index in [4.69, 9.17) is 14.2 Å². The van der Waals surface area contributed by atoms with Gasteiger partial charge < -0.3 is 14.2 Å². The van der Waals surface area contributed by atoms with E-state index in [2.05, 4.69) is 10.3 Å². The third kappa shape index (κ3) is 4.26. The zero-order chi connectivity index (χ0) is 22.1. The molecule has 2 aromatic carbocycles. The van der Waals surface area contributed by atoms with Crippen LogP contribution in [0.25, 0.3) is 11.3 Å². The van der Waals surface area contributed by atoms with Crippen molar-refractivity contribution in [3.8, 4) is 28.5 Å². The van der Waals surface area contributed by atoms with Crippen molar-refractivity contribution in [1.82, 2.24) is 4.98 Å². The molecule has 1 N–H and O–H groups in total. The number of nitrogens with one attached hydrogen (secondary N) is 1. The van der Waals surface area contributed by atoms with Gasteiger partial charge in [0.05, 0.1) is 5.69 Å². The minimum Gasteiger partial charge on any atom is -0.486 e. The van der Waals surface area contributed by atoms with E-state index in [0.29, 0.717) is 30.4 Å². The van der Waals surface area contributed by atoms with Gasteiger partial charge in [-0.2, -0.15) is 8.78 Å². The number of carbonyl (C=O) groups is 1. The molecule has 6 nitrogen and oxygen atoms in total. The molecular formula is C20H14F4N2O4S. The van der Waals surface area contributed by atoms with Crippen LogP contribution in [0.5, 0.6) is 17.2 Å². The number of thiazole rings is 1. The molecule has 1 atom stereocenters. The van der Waals surface area contributed by atoms with Crippen LogP contribution in [0.2, 0.25) is 0 Å². The molecular weight excluding hydrogens is 440 g/mol. The standard InChI is InChI=1S/C20H14F4N2O4S/c1-9(30-18-16(23)11(21)7-12(22)17(18)24)19(27)26-20-25-13(8-31-20)10-2-3-14-15(6-10)29-5-4-28-14/h2-3,6-9H,4-5H2,1H3,(H,25,26,27)/t9-/m1/s1. The molecule has 11 heteroatoms. The van der Waals surface area contributed by atoms with Crippen molar-refractivity contribution in [1.29, 1.82) is 0 Å². The lowest BCUT2D eigenvalue weighted by Crippen LogP contribution is -2.31. The minimum absolute atomic E-state index is 0.0528. The molecule has 0 saturated heterocycles. The number of aromatic nitrogens is 1. The lowest BCUT2D eigenvalue weighted by atomic mass is 10.1. The third-order valence-electron chi connectivity index (χ3n) is 4.31. The summed E-state index contributed by atoms with van der Waals surface area (Å²) in [6, 6.07) is 5.34. The van der Waals surface area contributed by atoms with Gasteiger partial charge in [-0.05, 0) is 25.1 Å². The molecule has 31 heavy (non-hydrogen) atoms. The van der Waals surface area contributed by atoms with Crippen LogP contribution >= 0.6 is 11.3 Å². The van der Waals surface area contributed by atoms with Gasteiger partial charge in [0.1, 0.15) is 13.2 Å². The second kappa shape index (κ2) is 8.42. The lowest BCUT2D eigenvalue weighted by molar-refractivity contribution is -0.122. The zero-order valence-corrected chi connectivity index (χ0v) is 16.7. The number of anilines is 1. The number of fused-ring (bicyclic) bond motifs is 1. The van der Waals surface area contributed by atoms with Gasteiger partial charge in [-0.25, -0.2) is 13.8 Å². The summed E-state index contributed by atoms with van der Waals surface area (Å²) in [6.45, 7) is 2.07. The molecule has 1 aromatic heterocycles. The predicted octanol–water partition coefficient (Wildman–Crippen LogP) is 4.54. The van der Waals surface area contributed by atoms with Crippen LogP contribution in [0.4, 0.5) is 22.7 Å². The molecule has 1 aliphatic heterocycles. The molecule has 0 bridgehead atoms. The van der Waals surface area contributed by atoms with E-state index < -0.39 is 41.0 Å². The Kier molecular flexibility index (Phi) is 5.68. The van der Waals surface area contributed by atoms with Crippen LogP contribution in [-0.2, 0) is 4.79 Å². The molecule has 4 rings (SSSR count). The zero-order valence-electron chi connectivity index (χ0n) is 15.9. The van der Waals surface area contributed by atoms with Gasteiger partial charge in [0.2, 0.25) is 11.6 Å². The molecule has 0 aliphatic carbocycles. The molecule has 0 fully saturated rings. The lowest BCUT2D eigenvalue weighted by Gasteiger charge is -2.18. The number of hydrogen-bond donors (Lipinski definition) is 1. The molecule has 1 amide bonds. The van der Waals surface area contributed by atoms with Crippen molar-refractivity contribution in [3.05, 3.63) is 52.9 Å². The van der Waals surface area contributed by atoms with Crippen LogP contribution in [0.15, 0.2) is 29.6 Å². The summed E-state index contributed by atoms with van der Waals surface area (Å²) in [5.74, 6) is -7.64. The van der Waals surface area contributed by atoms with E-state index in [1.807, 2.05) is 0 Å². The summed E-state index contributed by atoms with van der Waals surface area (Å²) in [5.41, 5.74) is 1.28. The molecule has 0 spiro atoms. The molecule has 1 aliphatic rings. The first-order valence-electron chi connectivity index (χ1n) is 8.99. The van der Waals surface area contributed by atoms with Gasteiger partial charge in [0, 0.05) is 17.0 Å². The fourth-order valence-electron chi connectivity index (χ4n) is 2.76. The summed E-state index contributed by atoms with van der Waals surface area (Å²) in [4.78, 5) is 16.6. The maximum Gasteiger partial charge on any atom is 0.266 e. The fourth-order valence-corrected chi connectivity index (χ4v) is 3.48. The number of hydrogen-bond acceptors (Lipinski definition) is 6. The largest absolute Gasteiger partial charge is 0.486 e. The first kappa shape index (κ1) is 20.9. The highest BCUT2D eigenvalue weighted by molar-refractivity contribution is 7.14. The summed E-state index contributed by atoms with van der Waals surface area (Å²) >= 11 is 1.11. The van der Waals surface area contributed by atoms with E-state index in [-0.39, 0.29) is 11.2 Å². The van der Waals surface area contributed by atoms with Gasteiger partial charge in [0.15, 0.2) is 40.1 Å². The fraction of sp³-hybridized carbons (Fsp3) is 0.200. The monoisotopic (exact) mass is 454 g/mol. The molecule has 0 radical (unpaired) electrons. The van der Waals surface area contributed by atoms with Crippen molar-refractivity contribution < 1.29 is 36.6 Å². The van der Waals surface area contributed by atoms with Crippen LogP contribution in [0.3, 0.4) is 0 Å². The molecule has 3 aromatic rings. The molecule has 0 unspecified atom stereocenters. The van der Waals surface area contributed by atoms with Crippen LogP contribution in [-0.4, -0.2) is 30.2 Å². The van der Waals surface area contributed by atoms with Crippen LogP contribution in [0, 0.1) is 23.3 Å². The van der Waals surface area contributed by atoms with E-state index in [1.165, 1.54) is 6.92 Å². The van der Waals surface area contributed by atoms with Crippen LogP contribution in [0.1, 0.15) is 6.92 Å². The van der Waals surface area contributed by atoms with Gasteiger partial charge in [0.25, 0.3) is 5.91 Å². The molecule has 2 heterocycles.